The smallest absolute Gasteiger partial charge is 0.135 e. The van der Waals surface area contributed by atoms with Crippen LogP contribution in [-0.2, 0) is 0 Å². The first kappa shape index (κ1) is 26.3. The molecule has 2 heterocycles. The van der Waals surface area contributed by atoms with Gasteiger partial charge in [0.25, 0.3) is 0 Å². The van der Waals surface area contributed by atoms with Crippen LogP contribution in [0.15, 0.2) is 168 Å². The predicted molar refractivity (Wildman–Crippen MR) is 202 cm³/mol. The van der Waals surface area contributed by atoms with Crippen molar-refractivity contribution in [2.75, 3.05) is 4.90 Å². The van der Waals surface area contributed by atoms with Crippen LogP contribution in [0.2, 0.25) is 0 Å². The van der Waals surface area contributed by atoms with E-state index in [1.807, 2.05) is 23.5 Å². The monoisotopic (exact) mass is 617 g/mol. The van der Waals surface area contributed by atoms with Crippen LogP contribution < -0.4 is 4.90 Å². The summed E-state index contributed by atoms with van der Waals surface area (Å²) >= 11 is 1.87. The molecule has 0 radical (unpaired) electrons. The van der Waals surface area contributed by atoms with Crippen LogP contribution in [0, 0.1) is 0 Å². The van der Waals surface area contributed by atoms with Crippen molar-refractivity contribution in [3.63, 3.8) is 0 Å². The highest BCUT2D eigenvalue weighted by molar-refractivity contribution is 7.26. The molecule has 0 aliphatic carbocycles. The zero-order chi connectivity index (χ0) is 30.9. The zero-order valence-corrected chi connectivity index (χ0v) is 26.2. The Labute approximate surface area is 275 Å². The summed E-state index contributed by atoms with van der Waals surface area (Å²) in [6, 6.07) is 59.1. The van der Waals surface area contributed by atoms with Crippen LogP contribution in [0.3, 0.4) is 0 Å². The molecule has 3 heteroatoms. The number of benzene rings is 8. The first-order valence-electron chi connectivity index (χ1n) is 15.9. The number of furan rings is 1. The van der Waals surface area contributed by atoms with E-state index >= 15 is 0 Å². The van der Waals surface area contributed by atoms with Crippen LogP contribution in [0.25, 0.3) is 74.8 Å². The molecule has 0 atom stereocenters. The molecule has 0 aliphatic heterocycles. The molecule has 2 aromatic heterocycles. The Morgan fingerprint density at radius 1 is 0.447 bits per heavy atom. The number of anilines is 3. The Morgan fingerprint density at radius 3 is 2.00 bits per heavy atom. The van der Waals surface area contributed by atoms with Gasteiger partial charge in [-0.2, -0.15) is 0 Å². The van der Waals surface area contributed by atoms with Gasteiger partial charge in [-0.15, -0.1) is 11.3 Å². The Kier molecular flexibility index (Phi) is 5.78. The molecule has 10 aromatic rings. The van der Waals surface area contributed by atoms with E-state index < -0.39 is 0 Å². The number of hydrogen-bond acceptors (Lipinski definition) is 3. The molecular formula is C44H27NOS. The van der Waals surface area contributed by atoms with E-state index in [2.05, 4.69) is 157 Å². The highest BCUT2D eigenvalue weighted by atomic mass is 32.1. The third-order valence-electron chi connectivity index (χ3n) is 9.44. The van der Waals surface area contributed by atoms with E-state index in [4.69, 9.17) is 4.42 Å². The van der Waals surface area contributed by atoms with E-state index in [-0.39, 0.29) is 0 Å². The Balaban J connectivity index is 1.35. The molecule has 0 saturated carbocycles. The standard InChI is InChI=1S/C44H27NOS/c1-2-12-28(13-3-1)32-23-24-38(44-43(32)36-19-9-11-21-42(36)47-44)45(30-22-25-41-37(27-30)35-18-8-10-20-40(35)46-41)39-26-29-14-4-5-15-31(29)33-16-6-7-17-34(33)39/h1-27H. The van der Waals surface area contributed by atoms with Crippen molar-refractivity contribution >= 4 is 92.1 Å². The maximum atomic E-state index is 6.28. The van der Waals surface area contributed by atoms with Gasteiger partial charge in [-0.05, 0) is 69.8 Å². The van der Waals surface area contributed by atoms with Gasteiger partial charge in [0.15, 0.2) is 0 Å². The van der Waals surface area contributed by atoms with Crippen molar-refractivity contribution < 1.29 is 4.42 Å². The Hall–Kier alpha value is -5.90. The summed E-state index contributed by atoms with van der Waals surface area (Å²) in [6.45, 7) is 0. The second-order valence-corrected chi connectivity index (χ2v) is 13.1. The van der Waals surface area contributed by atoms with Crippen LogP contribution >= 0.6 is 11.3 Å². The number of hydrogen-bond donors (Lipinski definition) is 0. The fraction of sp³-hybridized carbons (Fsp3) is 0. The van der Waals surface area contributed by atoms with Crippen LogP contribution in [-0.4, -0.2) is 0 Å². The van der Waals surface area contributed by atoms with Crippen molar-refractivity contribution in [1.82, 2.24) is 0 Å². The fourth-order valence-corrected chi connectivity index (χ4v) is 8.56. The maximum Gasteiger partial charge on any atom is 0.135 e. The van der Waals surface area contributed by atoms with E-state index in [9.17, 15) is 0 Å². The molecule has 8 aromatic carbocycles. The topological polar surface area (TPSA) is 16.4 Å². The summed E-state index contributed by atoms with van der Waals surface area (Å²) < 4.78 is 8.83. The summed E-state index contributed by atoms with van der Waals surface area (Å²) in [5.74, 6) is 0. The fourth-order valence-electron chi connectivity index (χ4n) is 7.33. The Morgan fingerprint density at radius 2 is 1.13 bits per heavy atom. The molecular weight excluding hydrogens is 591 g/mol. The molecule has 0 amide bonds. The van der Waals surface area contributed by atoms with Gasteiger partial charge in [-0.1, -0.05) is 121 Å². The quantitative estimate of drug-likeness (QED) is 0.183. The molecule has 0 aliphatic rings. The largest absolute Gasteiger partial charge is 0.456 e. The molecule has 0 fully saturated rings. The molecule has 0 bridgehead atoms. The van der Waals surface area contributed by atoms with Gasteiger partial charge < -0.3 is 9.32 Å². The van der Waals surface area contributed by atoms with Crippen molar-refractivity contribution in [2.24, 2.45) is 0 Å². The lowest BCUT2D eigenvalue weighted by atomic mass is 9.96. The predicted octanol–water partition coefficient (Wildman–Crippen LogP) is 13.4. The second kappa shape index (κ2) is 10.3. The Bertz CT molecular complexity index is 2810. The number of rotatable bonds is 4. The molecule has 220 valence electrons. The van der Waals surface area contributed by atoms with Gasteiger partial charge in [0.05, 0.1) is 16.1 Å². The van der Waals surface area contributed by atoms with Gasteiger partial charge in [-0.25, -0.2) is 0 Å². The molecule has 47 heavy (non-hydrogen) atoms. The SMILES string of the molecule is c1ccc(-c2ccc(N(c3ccc4oc5ccccc5c4c3)c3cc4ccccc4c4ccccc34)c3sc4ccccc4c23)cc1. The van der Waals surface area contributed by atoms with Gasteiger partial charge in [-0.3, -0.25) is 0 Å². The lowest BCUT2D eigenvalue weighted by Gasteiger charge is -2.28. The average Bonchev–Trinajstić information content (AvgIpc) is 3.71. The first-order valence-corrected chi connectivity index (χ1v) is 16.7. The normalized spacial score (nSPS) is 11.8. The lowest BCUT2D eigenvalue weighted by Crippen LogP contribution is -2.11. The number of fused-ring (bicyclic) bond motifs is 9. The molecule has 10 rings (SSSR count). The molecule has 0 N–H and O–H groups in total. The second-order valence-electron chi connectivity index (χ2n) is 12.1. The van der Waals surface area contributed by atoms with Gasteiger partial charge >= 0.3 is 0 Å². The summed E-state index contributed by atoms with van der Waals surface area (Å²) in [5, 5.41) is 9.75. The van der Waals surface area contributed by atoms with Gasteiger partial charge in [0.2, 0.25) is 0 Å². The van der Waals surface area contributed by atoms with Crippen molar-refractivity contribution in [1.29, 1.82) is 0 Å². The molecule has 0 unspecified atom stereocenters. The van der Waals surface area contributed by atoms with Crippen molar-refractivity contribution in [2.45, 2.75) is 0 Å². The van der Waals surface area contributed by atoms with E-state index in [0.717, 1.165) is 39.0 Å². The summed E-state index contributed by atoms with van der Waals surface area (Å²) in [6.07, 6.45) is 0. The van der Waals surface area contributed by atoms with Crippen molar-refractivity contribution in [3.05, 3.63) is 164 Å². The summed E-state index contributed by atoms with van der Waals surface area (Å²) in [4.78, 5) is 2.47. The minimum Gasteiger partial charge on any atom is -0.456 e. The minimum absolute atomic E-state index is 0.893. The summed E-state index contributed by atoms with van der Waals surface area (Å²) in [5.41, 5.74) is 7.68. The third kappa shape index (κ3) is 4.04. The van der Waals surface area contributed by atoms with Gasteiger partial charge in [0.1, 0.15) is 11.2 Å². The van der Waals surface area contributed by atoms with E-state index in [1.54, 1.807) is 0 Å². The highest BCUT2D eigenvalue weighted by Gasteiger charge is 2.23. The summed E-state index contributed by atoms with van der Waals surface area (Å²) in [7, 11) is 0. The molecule has 2 nitrogen and oxygen atoms in total. The average molecular weight is 618 g/mol. The highest BCUT2D eigenvalue weighted by Crippen LogP contribution is 2.50. The van der Waals surface area contributed by atoms with E-state index in [1.165, 1.54) is 52.8 Å². The zero-order valence-electron chi connectivity index (χ0n) is 25.4. The number of nitrogens with zero attached hydrogens (tertiary/aromatic N) is 1. The van der Waals surface area contributed by atoms with Crippen LogP contribution in [0.4, 0.5) is 17.1 Å². The first-order chi connectivity index (χ1) is 23.3. The van der Waals surface area contributed by atoms with Crippen molar-refractivity contribution in [3.8, 4) is 11.1 Å². The molecule has 0 spiro atoms. The van der Waals surface area contributed by atoms with Crippen LogP contribution in [0.1, 0.15) is 0 Å². The van der Waals surface area contributed by atoms with Gasteiger partial charge in [0, 0.05) is 37.3 Å². The van der Waals surface area contributed by atoms with Crippen LogP contribution in [0.5, 0.6) is 0 Å². The minimum atomic E-state index is 0.893. The number of para-hydroxylation sites is 1. The van der Waals surface area contributed by atoms with E-state index in [0.29, 0.717) is 0 Å². The maximum absolute atomic E-state index is 6.28. The third-order valence-corrected chi connectivity index (χ3v) is 10.6. The lowest BCUT2D eigenvalue weighted by molar-refractivity contribution is 0.669. The molecule has 0 saturated heterocycles. The number of thiophene rings is 1.